The summed E-state index contributed by atoms with van der Waals surface area (Å²) in [5.41, 5.74) is 1.17. The third kappa shape index (κ3) is 4.85. The molecule has 1 saturated heterocycles. The molecule has 1 unspecified atom stereocenters. The molecule has 0 aliphatic carbocycles. The standard InChI is InChI=1S/C18H26N4O2/c1-23-13-10-17-20-18(24-21-17)14-22-12-5-3-7-16(22)9-8-15-6-2-4-11-19-15/h2,4,6,11,16H,3,5,7-10,12-14H2,1H3. The van der Waals surface area contributed by atoms with Gasteiger partial charge in [-0.15, -0.1) is 0 Å². The summed E-state index contributed by atoms with van der Waals surface area (Å²) in [5, 5.41) is 4.04. The molecule has 24 heavy (non-hydrogen) atoms. The van der Waals surface area contributed by atoms with E-state index in [1.807, 2.05) is 12.3 Å². The molecule has 2 aromatic rings. The number of nitrogens with zero attached hydrogens (tertiary/aromatic N) is 4. The average Bonchev–Trinajstić information content (AvgIpc) is 3.07. The first kappa shape index (κ1) is 17.0. The fourth-order valence-corrected chi connectivity index (χ4v) is 3.28. The monoisotopic (exact) mass is 330 g/mol. The van der Waals surface area contributed by atoms with E-state index < -0.39 is 0 Å². The smallest absolute Gasteiger partial charge is 0.240 e. The first-order valence-corrected chi connectivity index (χ1v) is 8.79. The van der Waals surface area contributed by atoms with Crippen LogP contribution in [0.15, 0.2) is 28.9 Å². The van der Waals surface area contributed by atoms with Gasteiger partial charge in [0.1, 0.15) is 0 Å². The highest BCUT2D eigenvalue weighted by molar-refractivity contribution is 5.04. The van der Waals surface area contributed by atoms with E-state index in [4.69, 9.17) is 9.26 Å². The Morgan fingerprint density at radius 3 is 3.08 bits per heavy atom. The number of rotatable bonds is 8. The van der Waals surface area contributed by atoms with Crippen molar-refractivity contribution in [2.75, 3.05) is 20.3 Å². The average molecular weight is 330 g/mol. The van der Waals surface area contributed by atoms with Crippen molar-refractivity contribution in [2.24, 2.45) is 0 Å². The Labute approximate surface area is 143 Å². The number of piperidine rings is 1. The quantitative estimate of drug-likeness (QED) is 0.741. The first-order valence-electron chi connectivity index (χ1n) is 8.79. The van der Waals surface area contributed by atoms with Gasteiger partial charge in [-0.2, -0.15) is 4.98 Å². The van der Waals surface area contributed by atoms with Gasteiger partial charge in [-0.3, -0.25) is 9.88 Å². The van der Waals surface area contributed by atoms with Crippen LogP contribution >= 0.6 is 0 Å². The van der Waals surface area contributed by atoms with E-state index in [0.717, 1.165) is 31.8 Å². The van der Waals surface area contributed by atoms with E-state index in [1.165, 1.54) is 25.0 Å². The van der Waals surface area contributed by atoms with E-state index in [1.54, 1.807) is 7.11 Å². The molecule has 0 radical (unpaired) electrons. The molecule has 1 atom stereocenters. The van der Waals surface area contributed by atoms with E-state index in [2.05, 4.69) is 32.2 Å². The lowest BCUT2D eigenvalue weighted by molar-refractivity contribution is 0.117. The fourth-order valence-electron chi connectivity index (χ4n) is 3.28. The molecule has 0 spiro atoms. The SMILES string of the molecule is COCCc1noc(CN2CCCCC2CCc2ccccn2)n1. The van der Waals surface area contributed by atoms with Crippen LogP contribution in [0.1, 0.15) is 43.1 Å². The van der Waals surface area contributed by atoms with Gasteiger partial charge in [-0.25, -0.2) is 0 Å². The molecular weight excluding hydrogens is 304 g/mol. The summed E-state index contributed by atoms with van der Waals surface area (Å²) in [6, 6.07) is 6.69. The predicted octanol–water partition coefficient (Wildman–Crippen LogP) is 2.64. The largest absolute Gasteiger partial charge is 0.384 e. The number of hydrogen-bond donors (Lipinski definition) is 0. The second kappa shape index (κ2) is 8.89. The lowest BCUT2D eigenvalue weighted by atomic mass is 9.97. The number of methoxy groups -OCH3 is 1. The van der Waals surface area contributed by atoms with Gasteiger partial charge < -0.3 is 9.26 Å². The third-order valence-corrected chi connectivity index (χ3v) is 4.59. The summed E-state index contributed by atoms with van der Waals surface area (Å²) < 4.78 is 10.5. The molecular formula is C18H26N4O2. The molecule has 0 N–H and O–H groups in total. The van der Waals surface area contributed by atoms with Crippen LogP contribution in [-0.2, 0) is 24.1 Å². The zero-order valence-electron chi connectivity index (χ0n) is 14.4. The lowest BCUT2D eigenvalue weighted by Gasteiger charge is -2.34. The van der Waals surface area contributed by atoms with Crippen LogP contribution in [0.2, 0.25) is 0 Å². The molecule has 6 heteroatoms. The molecule has 2 aromatic heterocycles. The third-order valence-electron chi connectivity index (χ3n) is 4.59. The molecule has 1 aliphatic heterocycles. The van der Waals surface area contributed by atoms with Crippen molar-refractivity contribution >= 4 is 0 Å². The Hall–Kier alpha value is -1.79. The van der Waals surface area contributed by atoms with E-state index >= 15 is 0 Å². The number of aryl methyl sites for hydroxylation is 1. The first-order chi connectivity index (χ1) is 11.8. The summed E-state index contributed by atoms with van der Waals surface area (Å²) in [6.07, 6.45) is 8.48. The van der Waals surface area contributed by atoms with Crippen LogP contribution in [0.25, 0.3) is 0 Å². The van der Waals surface area contributed by atoms with Gasteiger partial charge in [0, 0.05) is 31.5 Å². The number of pyridine rings is 1. The van der Waals surface area contributed by atoms with E-state index in [-0.39, 0.29) is 0 Å². The molecule has 3 heterocycles. The zero-order chi connectivity index (χ0) is 16.6. The second-order valence-corrected chi connectivity index (χ2v) is 6.33. The number of likely N-dealkylation sites (tertiary alicyclic amines) is 1. The normalized spacial score (nSPS) is 18.8. The molecule has 0 saturated carbocycles. The van der Waals surface area contributed by atoms with Gasteiger partial charge in [0.15, 0.2) is 5.82 Å². The summed E-state index contributed by atoms with van der Waals surface area (Å²) in [7, 11) is 1.68. The van der Waals surface area contributed by atoms with Crippen molar-refractivity contribution in [3.05, 3.63) is 41.8 Å². The molecule has 0 bridgehead atoms. The minimum atomic E-state index is 0.565. The number of aromatic nitrogens is 3. The Bertz CT molecular complexity index is 602. The highest BCUT2D eigenvalue weighted by Gasteiger charge is 2.24. The van der Waals surface area contributed by atoms with Crippen molar-refractivity contribution in [3.8, 4) is 0 Å². The second-order valence-electron chi connectivity index (χ2n) is 6.33. The van der Waals surface area contributed by atoms with E-state index in [9.17, 15) is 0 Å². The summed E-state index contributed by atoms with van der Waals surface area (Å²) in [5.74, 6) is 1.44. The van der Waals surface area contributed by atoms with Gasteiger partial charge in [-0.1, -0.05) is 17.6 Å². The van der Waals surface area contributed by atoms with Gasteiger partial charge in [-0.05, 0) is 44.4 Å². The van der Waals surface area contributed by atoms with Crippen LogP contribution in [0.3, 0.4) is 0 Å². The predicted molar refractivity (Wildman–Crippen MR) is 90.5 cm³/mol. The summed E-state index contributed by atoms with van der Waals surface area (Å²) >= 11 is 0. The maximum absolute atomic E-state index is 5.40. The molecule has 0 aromatic carbocycles. The topological polar surface area (TPSA) is 64.3 Å². The van der Waals surface area contributed by atoms with Crippen LogP contribution in [0.5, 0.6) is 0 Å². The highest BCUT2D eigenvalue weighted by atomic mass is 16.5. The maximum atomic E-state index is 5.40. The van der Waals surface area contributed by atoms with Crippen molar-refractivity contribution in [3.63, 3.8) is 0 Å². The van der Waals surface area contributed by atoms with Gasteiger partial charge in [0.05, 0.1) is 13.2 Å². The Balaban J connectivity index is 1.55. The molecule has 1 fully saturated rings. The minimum Gasteiger partial charge on any atom is -0.384 e. The van der Waals surface area contributed by atoms with Crippen LogP contribution in [0, 0.1) is 0 Å². The van der Waals surface area contributed by atoms with Crippen molar-refractivity contribution in [1.29, 1.82) is 0 Å². The summed E-state index contributed by atoms with van der Waals surface area (Å²) in [4.78, 5) is 11.4. The highest BCUT2D eigenvalue weighted by Crippen LogP contribution is 2.22. The Kier molecular flexibility index (Phi) is 6.32. The molecule has 6 nitrogen and oxygen atoms in total. The minimum absolute atomic E-state index is 0.565. The Morgan fingerprint density at radius 1 is 1.29 bits per heavy atom. The summed E-state index contributed by atoms with van der Waals surface area (Å²) in [6.45, 7) is 2.46. The number of hydrogen-bond acceptors (Lipinski definition) is 6. The van der Waals surface area contributed by atoms with Crippen molar-refractivity contribution in [2.45, 2.75) is 51.1 Å². The molecule has 0 amide bonds. The van der Waals surface area contributed by atoms with Crippen LogP contribution < -0.4 is 0 Å². The van der Waals surface area contributed by atoms with E-state index in [0.29, 0.717) is 25.0 Å². The fraction of sp³-hybridized carbons (Fsp3) is 0.611. The van der Waals surface area contributed by atoms with Crippen LogP contribution in [0.4, 0.5) is 0 Å². The molecule has 1 aliphatic rings. The number of ether oxygens (including phenoxy) is 1. The zero-order valence-corrected chi connectivity index (χ0v) is 14.4. The van der Waals surface area contributed by atoms with Crippen molar-refractivity contribution in [1.82, 2.24) is 20.0 Å². The molecule has 130 valence electrons. The van der Waals surface area contributed by atoms with Gasteiger partial charge in [0.2, 0.25) is 5.89 Å². The molecule has 3 rings (SSSR count). The van der Waals surface area contributed by atoms with Gasteiger partial charge >= 0.3 is 0 Å². The van der Waals surface area contributed by atoms with Crippen molar-refractivity contribution < 1.29 is 9.26 Å². The van der Waals surface area contributed by atoms with Crippen LogP contribution in [-0.4, -0.2) is 46.3 Å². The maximum Gasteiger partial charge on any atom is 0.240 e. The Morgan fingerprint density at radius 2 is 2.25 bits per heavy atom. The van der Waals surface area contributed by atoms with Gasteiger partial charge in [0.25, 0.3) is 0 Å². The lowest BCUT2D eigenvalue weighted by Crippen LogP contribution is -2.39.